The SMILES string of the molecule is O=S(=O)(O)OCc1cc(F)c(F)c(F)c1O. The Labute approximate surface area is 88.0 Å². The van der Waals surface area contributed by atoms with Crippen molar-refractivity contribution in [2.24, 2.45) is 0 Å². The molecule has 0 aliphatic rings. The second-order valence-corrected chi connectivity index (χ2v) is 3.78. The lowest BCUT2D eigenvalue weighted by atomic mass is 10.2. The molecular weight excluding hydrogens is 253 g/mol. The van der Waals surface area contributed by atoms with Crippen molar-refractivity contribution in [1.29, 1.82) is 0 Å². The Morgan fingerprint density at radius 3 is 2.31 bits per heavy atom. The first-order valence-corrected chi connectivity index (χ1v) is 5.06. The standard InChI is InChI=1S/C7H5F3O5S/c8-4-1-3(2-15-16(12,13)14)7(11)6(10)5(4)9/h1,11H,2H2,(H,12,13,14). The maximum absolute atomic E-state index is 12.7. The third-order valence-corrected chi connectivity index (χ3v) is 1.99. The minimum absolute atomic E-state index is 0.346. The van der Waals surface area contributed by atoms with Crippen LogP contribution < -0.4 is 0 Å². The number of benzene rings is 1. The molecule has 1 rings (SSSR count). The summed E-state index contributed by atoms with van der Waals surface area (Å²) in [6.45, 7) is -1.03. The summed E-state index contributed by atoms with van der Waals surface area (Å²) in [5.41, 5.74) is -0.658. The van der Waals surface area contributed by atoms with E-state index in [2.05, 4.69) is 4.18 Å². The highest BCUT2D eigenvalue weighted by Crippen LogP contribution is 2.26. The predicted octanol–water partition coefficient (Wildman–Crippen LogP) is 1.13. The van der Waals surface area contributed by atoms with Crippen molar-refractivity contribution in [3.05, 3.63) is 29.1 Å². The van der Waals surface area contributed by atoms with Gasteiger partial charge in [-0.1, -0.05) is 0 Å². The number of rotatable bonds is 3. The molecule has 90 valence electrons. The van der Waals surface area contributed by atoms with Crippen molar-refractivity contribution >= 4 is 10.4 Å². The van der Waals surface area contributed by atoms with Crippen molar-refractivity contribution in [3.63, 3.8) is 0 Å². The van der Waals surface area contributed by atoms with E-state index in [1.165, 1.54) is 0 Å². The molecule has 1 aromatic rings. The number of phenolic OH excluding ortho intramolecular Hbond substituents is 1. The van der Waals surface area contributed by atoms with E-state index in [1.54, 1.807) is 0 Å². The molecule has 0 aromatic heterocycles. The Bertz CT molecular complexity index is 513. The normalized spacial score (nSPS) is 11.8. The van der Waals surface area contributed by atoms with Crippen LogP contribution in [0.5, 0.6) is 5.75 Å². The molecule has 0 saturated heterocycles. The van der Waals surface area contributed by atoms with Crippen molar-refractivity contribution in [2.45, 2.75) is 6.61 Å². The molecule has 0 spiro atoms. The number of aromatic hydroxyl groups is 1. The van der Waals surface area contributed by atoms with E-state index in [-0.39, 0.29) is 0 Å². The van der Waals surface area contributed by atoms with Gasteiger partial charge in [-0.2, -0.15) is 12.8 Å². The van der Waals surface area contributed by atoms with Gasteiger partial charge >= 0.3 is 10.4 Å². The number of hydrogen-bond donors (Lipinski definition) is 2. The van der Waals surface area contributed by atoms with Gasteiger partial charge in [-0.15, -0.1) is 0 Å². The van der Waals surface area contributed by atoms with Crippen LogP contribution in [-0.2, 0) is 21.2 Å². The minimum Gasteiger partial charge on any atom is -0.504 e. The van der Waals surface area contributed by atoms with Gasteiger partial charge in [0.25, 0.3) is 0 Å². The van der Waals surface area contributed by atoms with Crippen LogP contribution in [0.3, 0.4) is 0 Å². The van der Waals surface area contributed by atoms with Gasteiger partial charge in [-0.3, -0.25) is 4.55 Å². The molecule has 0 bridgehead atoms. The smallest absolute Gasteiger partial charge is 0.397 e. The van der Waals surface area contributed by atoms with Crippen molar-refractivity contribution in [1.82, 2.24) is 0 Å². The average Bonchev–Trinajstić information content (AvgIpc) is 2.17. The van der Waals surface area contributed by atoms with Crippen LogP contribution >= 0.6 is 0 Å². The molecule has 2 N–H and O–H groups in total. The third-order valence-electron chi connectivity index (χ3n) is 1.58. The highest BCUT2D eigenvalue weighted by Gasteiger charge is 2.19. The Balaban J connectivity index is 3.07. The zero-order chi connectivity index (χ0) is 12.5. The molecule has 0 aliphatic heterocycles. The van der Waals surface area contributed by atoms with Crippen LogP contribution in [0.15, 0.2) is 6.07 Å². The summed E-state index contributed by atoms with van der Waals surface area (Å²) in [6.07, 6.45) is 0. The average molecular weight is 258 g/mol. The minimum atomic E-state index is -4.82. The summed E-state index contributed by atoms with van der Waals surface area (Å²) >= 11 is 0. The zero-order valence-corrected chi connectivity index (χ0v) is 8.26. The maximum atomic E-state index is 12.7. The second-order valence-electron chi connectivity index (χ2n) is 2.68. The molecule has 1 aromatic carbocycles. The molecule has 9 heteroatoms. The van der Waals surface area contributed by atoms with Crippen molar-refractivity contribution < 1.29 is 35.4 Å². The fourth-order valence-electron chi connectivity index (χ4n) is 0.882. The van der Waals surface area contributed by atoms with Crippen molar-refractivity contribution in [3.8, 4) is 5.75 Å². The quantitative estimate of drug-likeness (QED) is 0.627. The van der Waals surface area contributed by atoms with Gasteiger partial charge in [0, 0.05) is 5.56 Å². The zero-order valence-electron chi connectivity index (χ0n) is 7.45. The van der Waals surface area contributed by atoms with Crippen LogP contribution in [0, 0.1) is 17.5 Å². The number of phenols is 1. The molecule has 16 heavy (non-hydrogen) atoms. The van der Waals surface area contributed by atoms with Gasteiger partial charge in [-0.05, 0) is 6.07 Å². The monoisotopic (exact) mass is 258 g/mol. The molecule has 0 amide bonds. The van der Waals surface area contributed by atoms with Crippen LogP contribution in [-0.4, -0.2) is 18.1 Å². The van der Waals surface area contributed by atoms with Gasteiger partial charge in [-0.25, -0.2) is 13.0 Å². The predicted molar refractivity (Wildman–Crippen MR) is 44.3 cm³/mol. The van der Waals surface area contributed by atoms with Gasteiger partial charge < -0.3 is 5.11 Å². The Hall–Kier alpha value is -1.32. The number of hydrogen-bond acceptors (Lipinski definition) is 4. The fourth-order valence-corrected chi connectivity index (χ4v) is 1.16. The van der Waals surface area contributed by atoms with E-state index >= 15 is 0 Å². The van der Waals surface area contributed by atoms with E-state index in [9.17, 15) is 21.6 Å². The summed E-state index contributed by atoms with van der Waals surface area (Å²) in [4.78, 5) is 0. The summed E-state index contributed by atoms with van der Waals surface area (Å²) in [5, 5.41) is 8.96. The lowest BCUT2D eigenvalue weighted by Gasteiger charge is -2.06. The molecule has 0 unspecified atom stereocenters. The van der Waals surface area contributed by atoms with Crippen molar-refractivity contribution in [2.75, 3.05) is 0 Å². The Morgan fingerprint density at radius 2 is 1.81 bits per heavy atom. The molecule has 5 nitrogen and oxygen atoms in total. The van der Waals surface area contributed by atoms with Crippen LogP contribution in [0.25, 0.3) is 0 Å². The van der Waals surface area contributed by atoms with E-state index in [0.717, 1.165) is 0 Å². The maximum Gasteiger partial charge on any atom is 0.397 e. The topological polar surface area (TPSA) is 83.8 Å². The fraction of sp³-hybridized carbons (Fsp3) is 0.143. The van der Waals surface area contributed by atoms with E-state index in [4.69, 9.17) is 9.66 Å². The van der Waals surface area contributed by atoms with Crippen LogP contribution in [0.4, 0.5) is 13.2 Å². The summed E-state index contributed by atoms with van der Waals surface area (Å²) in [5.74, 6) is -6.67. The summed E-state index contributed by atoms with van der Waals surface area (Å²) in [6, 6.07) is 0.346. The first kappa shape index (κ1) is 12.7. The van der Waals surface area contributed by atoms with Crippen LogP contribution in [0.1, 0.15) is 5.56 Å². The summed E-state index contributed by atoms with van der Waals surface area (Å²) < 4.78 is 70.1. The molecule has 0 heterocycles. The van der Waals surface area contributed by atoms with Crippen LogP contribution in [0.2, 0.25) is 0 Å². The van der Waals surface area contributed by atoms with Gasteiger partial charge in [0.1, 0.15) is 0 Å². The van der Waals surface area contributed by atoms with Gasteiger partial charge in [0.2, 0.25) is 5.82 Å². The molecular formula is C7H5F3O5S. The Morgan fingerprint density at radius 1 is 1.25 bits per heavy atom. The van der Waals surface area contributed by atoms with E-state index < -0.39 is 45.8 Å². The first-order chi connectivity index (χ1) is 7.22. The third kappa shape index (κ3) is 2.84. The highest BCUT2D eigenvalue weighted by molar-refractivity contribution is 7.80. The first-order valence-electron chi connectivity index (χ1n) is 3.69. The van der Waals surface area contributed by atoms with E-state index in [1.807, 2.05) is 0 Å². The molecule has 0 saturated carbocycles. The molecule has 0 radical (unpaired) electrons. The summed E-state index contributed by atoms with van der Waals surface area (Å²) in [7, 11) is -4.82. The Kier molecular flexibility index (Phi) is 3.41. The molecule has 0 fully saturated rings. The molecule has 0 aliphatic carbocycles. The largest absolute Gasteiger partial charge is 0.504 e. The van der Waals surface area contributed by atoms with E-state index in [0.29, 0.717) is 6.07 Å². The lowest BCUT2D eigenvalue weighted by Crippen LogP contribution is -2.05. The second kappa shape index (κ2) is 4.28. The number of halogens is 3. The lowest BCUT2D eigenvalue weighted by molar-refractivity contribution is 0.253. The molecule has 0 atom stereocenters. The van der Waals surface area contributed by atoms with Gasteiger partial charge in [0.15, 0.2) is 17.4 Å². The highest BCUT2D eigenvalue weighted by atomic mass is 32.3. The van der Waals surface area contributed by atoms with Gasteiger partial charge in [0.05, 0.1) is 6.61 Å².